The Labute approximate surface area is 195 Å². The van der Waals surface area contributed by atoms with Crippen LogP contribution in [0.4, 0.5) is 4.79 Å². The van der Waals surface area contributed by atoms with Gasteiger partial charge in [0.1, 0.15) is 5.60 Å². The second-order valence-corrected chi connectivity index (χ2v) is 8.86. The maximum absolute atomic E-state index is 12.4. The average Bonchev–Trinajstić information content (AvgIpc) is 3.18. The maximum Gasteiger partial charge on any atom is 0.412 e. The van der Waals surface area contributed by atoms with Crippen molar-refractivity contribution >= 4 is 18.0 Å². The highest BCUT2D eigenvalue weighted by molar-refractivity contribution is 5.71. The van der Waals surface area contributed by atoms with E-state index in [0.717, 1.165) is 5.56 Å². The van der Waals surface area contributed by atoms with Crippen molar-refractivity contribution in [2.45, 2.75) is 78.4 Å². The summed E-state index contributed by atoms with van der Waals surface area (Å²) in [6.45, 7) is 9.41. The van der Waals surface area contributed by atoms with Crippen LogP contribution in [0.1, 0.15) is 65.9 Å². The lowest BCUT2D eigenvalue weighted by molar-refractivity contribution is -0.156. The van der Waals surface area contributed by atoms with Gasteiger partial charge in [-0.05, 0) is 71.6 Å². The van der Waals surface area contributed by atoms with Gasteiger partial charge in [0.25, 0.3) is 0 Å². The zero-order valence-electron chi connectivity index (χ0n) is 20.2. The first-order valence-corrected chi connectivity index (χ1v) is 11.3. The molecule has 1 aromatic rings. The number of ether oxygens (including phenoxy) is 5. The molecule has 0 bridgehead atoms. The molecule has 1 aromatic carbocycles. The molecule has 0 fully saturated rings. The number of esters is 2. The lowest BCUT2D eigenvalue weighted by Crippen LogP contribution is -2.40. The summed E-state index contributed by atoms with van der Waals surface area (Å²) >= 11 is 0. The van der Waals surface area contributed by atoms with Gasteiger partial charge < -0.3 is 28.6 Å². The Balaban J connectivity index is 1.66. The molecule has 1 amide bonds. The number of fused-ring (bicyclic) bond motifs is 1. The Morgan fingerprint density at radius 2 is 1.70 bits per heavy atom. The number of hydrogen-bond acceptors (Lipinski definition) is 8. The number of likely N-dealkylation sites (N-methyl/N-ethyl adjacent to an activating group) is 1. The first kappa shape index (κ1) is 26.3. The van der Waals surface area contributed by atoms with Gasteiger partial charge in [0.15, 0.2) is 11.5 Å². The Morgan fingerprint density at radius 1 is 1.03 bits per heavy atom. The highest BCUT2D eigenvalue weighted by Gasteiger charge is 2.22. The average molecular weight is 466 g/mol. The van der Waals surface area contributed by atoms with E-state index in [9.17, 15) is 14.4 Å². The van der Waals surface area contributed by atoms with Gasteiger partial charge in [-0.1, -0.05) is 6.07 Å². The lowest BCUT2D eigenvalue weighted by atomic mass is 10.1. The second kappa shape index (κ2) is 12.3. The molecule has 1 unspecified atom stereocenters. The minimum absolute atomic E-state index is 0.133. The Hall–Kier alpha value is -2.97. The van der Waals surface area contributed by atoms with E-state index in [0.29, 0.717) is 37.3 Å². The van der Waals surface area contributed by atoms with Crippen LogP contribution < -0.4 is 9.47 Å². The minimum Gasteiger partial charge on any atom is -0.460 e. The fourth-order valence-electron chi connectivity index (χ4n) is 3.37. The Kier molecular flexibility index (Phi) is 9.81. The van der Waals surface area contributed by atoms with Gasteiger partial charge in [-0.25, -0.2) is 4.79 Å². The van der Waals surface area contributed by atoms with Crippen LogP contribution in [0, 0.1) is 0 Å². The molecular weight excluding hydrogens is 430 g/mol. The molecule has 0 spiro atoms. The number of benzene rings is 1. The SMILES string of the molecule is CCN(C(=O)OCOC(=O)CCCCC(=O)OC(C)(C)C)C(C)Cc1ccc2c(c1)OCO2. The third-order valence-corrected chi connectivity index (χ3v) is 4.91. The van der Waals surface area contributed by atoms with Crippen molar-refractivity contribution in [1.29, 1.82) is 0 Å². The Bertz CT molecular complexity index is 817. The van der Waals surface area contributed by atoms with Crippen molar-refractivity contribution in [2.24, 2.45) is 0 Å². The molecule has 0 saturated carbocycles. The van der Waals surface area contributed by atoms with Crippen molar-refractivity contribution in [3.8, 4) is 11.5 Å². The monoisotopic (exact) mass is 465 g/mol. The van der Waals surface area contributed by atoms with Crippen LogP contribution in [0.5, 0.6) is 11.5 Å². The molecular formula is C24H35NO8. The molecule has 1 aliphatic heterocycles. The smallest absolute Gasteiger partial charge is 0.412 e. The van der Waals surface area contributed by atoms with Crippen molar-refractivity contribution in [2.75, 3.05) is 20.1 Å². The van der Waals surface area contributed by atoms with E-state index in [1.807, 2.05) is 32.0 Å². The molecule has 9 nitrogen and oxygen atoms in total. The molecule has 0 N–H and O–H groups in total. The van der Waals surface area contributed by atoms with Crippen LogP contribution in [0.25, 0.3) is 0 Å². The van der Waals surface area contributed by atoms with E-state index in [2.05, 4.69) is 0 Å². The Morgan fingerprint density at radius 3 is 2.36 bits per heavy atom. The van der Waals surface area contributed by atoms with E-state index in [1.165, 1.54) is 0 Å². The summed E-state index contributed by atoms with van der Waals surface area (Å²) in [5, 5.41) is 0. The number of rotatable bonds is 11. The fourth-order valence-corrected chi connectivity index (χ4v) is 3.37. The molecule has 2 rings (SSSR count). The third kappa shape index (κ3) is 9.19. The number of nitrogens with zero attached hydrogens (tertiary/aromatic N) is 1. The van der Waals surface area contributed by atoms with E-state index in [-0.39, 0.29) is 31.6 Å². The van der Waals surface area contributed by atoms with Crippen LogP contribution in [0.15, 0.2) is 18.2 Å². The summed E-state index contributed by atoms with van der Waals surface area (Å²) < 4.78 is 26.0. The number of carbonyl (C=O) groups is 3. The van der Waals surface area contributed by atoms with Gasteiger partial charge in [-0.3, -0.25) is 9.59 Å². The minimum atomic E-state index is -0.552. The summed E-state index contributed by atoms with van der Waals surface area (Å²) in [7, 11) is 0. The molecule has 0 radical (unpaired) electrons. The first-order chi connectivity index (χ1) is 15.6. The standard InChI is InChI=1S/C24H35NO8/c1-6-25(17(2)13-18-11-12-19-20(14-18)30-15-29-19)23(28)32-16-31-21(26)9-7-8-10-22(27)33-24(3,4)5/h11-12,14,17H,6-10,13,15-16H2,1-5H3. The molecule has 184 valence electrons. The molecule has 9 heteroatoms. The van der Waals surface area contributed by atoms with Gasteiger partial charge in [-0.2, -0.15) is 0 Å². The van der Waals surface area contributed by atoms with Gasteiger partial charge in [0.2, 0.25) is 13.6 Å². The predicted octanol–water partition coefficient (Wildman–Crippen LogP) is 4.21. The summed E-state index contributed by atoms with van der Waals surface area (Å²) in [6, 6.07) is 5.56. The first-order valence-electron chi connectivity index (χ1n) is 11.3. The summed E-state index contributed by atoms with van der Waals surface area (Å²) in [4.78, 5) is 37.5. The largest absolute Gasteiger partial charge is 0.460 e. The molecule has 33 heavy (non-hydrogen) atoms. The van der Waals surface area contributed by atoms with Gasteiger partial charge in [-0.15, -0.1) is 0 Å². The van der Waals surface area contributed by atoms with Crippen molar-refractivity contribution in [3.63, 3.8) is 0 Å². The van der Waals surface area contributed by atoms with E-state index in [1.54, 1.807) is 25.7 Å². The van der Waals surface area contributed by atoms with Crippen LogP contribution in [0.2, 0.25) is 0 Å². The fraction of sp³-hybridized carbons (Fsp3) is 0.625. The zero-order chi connectivity index (χ0) is 24.4. The van der Waals surface area contributed by atoms with Crippen molar-refractivity contribution in [3.05, 3.63) is 23.8 Å². The van der Waals surface area contributed by atoms with Crippen LogP contribution >= 0.6 is 0 Å². The third-order valence-electron chi connectivity index (χ3n) is 4.91. The number of hydrogen-bond donors (Lipinski definition) is 0. The topological polar surface area (TPSA) is 101 Å². The van der Waals surface area contributed by atoms with Crippen LogP contribution in [-0.4, -0.2) is 54.7 Å². The normalized spacial score (nSPS) is 13.2. The highest BCUT2D eigenvalue weighted by Crippen LogP contribution is 2.33. The van der Waals surface area contributed by atoms with Crippen LogP contribution in [0.3, 0.4) is 0 Å². The number of carbonyl (C=O) groups excluding carboxylic acids is 3. The molecule has 0 aromatic heterocycles. The predicted molar refractivity (Wildman–Crippen MR) is 120 cm³/mol. The maximum atomic E-state index is 12.4. The second-order valence-electron chi connectivity index (χ2n) is 8.86. The van der Waals surface area contributed by atoms with E-state index >= 15 is 0 Å². The van der Waals surface area contributed by atoms with Crippen molar-refractivity contribution < 1.29 is 38.1 Å². The van der Waals surface area contributed by atoms with Crippen molar-refractivity contribution in [1.82, 2.24) is 4.90 Å². The van der Waals surface area contributed by atoms with Gasteiger partial charge >= 0.3 is 18.0 Å². The van der Waals surface area contributed by atoms with Crippen LogP contribution in [-0.2, 0) is 30.2 Å². The zero-order valence-corrected chi connectivity index (χ0v) is 20.2. The summed E-state index contributed by atoms with van der Waals surface area (Å²) in [5.41, 5.74) is 0.490. The molecule has 1 atom stereocenters. The number of amides is 1. The molecule has 1 aliphatic rings. The van der Waals surface area contributed by atoms with Gasteiger partial charge in [0, 0.05) is 25.4 Å². The van der Waals surface area contributed by atoms with E-state index in [4.69, 9.17) is 23.7 Å². The molecule has 0 saturated heterocycles. The molecule has 1 heterocycles. The molecule has 0 aliphatic carbocycles. The quantitative estimate of drug-likeness (QED) is 0.272. The summed E-state index contributed by atoms with van der Waals surface area (Å²) in [5.74, 6) is 0.635. The highest BCUT2D eigenvalue weighted by atomic mass is 16.7. The summed E-state index contributed by atoms with van der Waals surface area (Å²) in [6.07, 6.45) is 1.44. The van der Waals surface area contributed by atoms with Gasteiger partial charge in [0.05, 0.1) is 0 Å². The van der Waals surface area contributed by atoms with E-state index < -0.39 is 24.5 Å². The number of unbranched alkanes of at least 4 members (excludes halogenated alkanes) is 1. The lowest BCUT2D eigenvalue weighted by Gasteiger charge is -2.27.